The van der Waals surface area contributed by atoms with Gasteiger partial charge in [-0.1, -0.05) is 0 Å². The molecule has 2 aromatic rings. The van der Waals surface area contributed by atoms with Gasteiger partial charge in [-0.2, -0.15) is 0 Å². The topological polar surface area (TPSA) is 34.9 Å². The SMILES string of the molecule is CCn1c(C=O)nc2cc(F)ccc21. The Kier molecular flexibility index (Phi) is 2.04. The molecule has 0 aliphatic carbocycles. The van der Waals surface area contributed by atoms with Crippen molar-refractivity contribution in [2.75, 3.05) is 0 Å². The van der Waals surface area contributed by atoms with E-state index in [-0.39, 0.29) is 5.82 Å². The van der Waals surface area contributed by atoms with Crippen LogP contribution in [0, 0.1) is 5.82 Å². The number of carbonyl (C=O) groups is 1. The smallest absolute Gasteiger partial charge is 0.185 e. The fourth-order valence-electron chi connectivity index (χ4n) is 1.54. The highest BCUT2D eigenvalue weighted by molar-refractivity contribution is 5.83. The Bertz CT molecular complexity index is 490. The average molecular weight is 192 g/mol. The Morgan fingerprint density at radius 2 is 2.36 bits per heavy atom. The van der Waals surface area contributed by atoms with Gasteiger partial charge in [-0.15, -0.1) is 0 Å². The van der Waals surface area contributed by atoms with Gasteiger partial charge in [-0.3, -0.25) is 4.79 Å². The van der Waals surface area contributed by atoms with E-state index in [0.29, 0.717) is 24.2 Å². The van der Waals surface area contributed by atoms with E-state index in [0.717, 1.165) is 5.52 Å². The highest BCUT2D eigenvalue weighted by atomic mass is 19.1. The minimum atomic E-state index is -0.337. The van der Waals surface area contributed by atoms with E-state index in [4.69, 9.17) is 0 Å². The van der Waals surface area contributed by atoms with E-state index < -0.39 is 0 Å². The summed E-state index contributed by atoms with van der Waals surface area (Å²) in [4.78, 5) is 14.7. The molecule has 0 spiro atoms. The summed E-state index contributed by atoms with van der Waals surface area (Å²) in [5.41, 5.74) is 1.31. The maximum Gasteiger partial charge on any atom is 0.185 e. The van der Waals surface area contributed by atoms with Crippen LogP contribution in [0.1, 0.15) is 17.5 Å². The maximum absolute atomic E-state index is 12.8. The Morgan fingerprint density at radius 1 is 1.57 bits per heavy atom. The number of fused-ring (bicyclic) bond motifs is 1. The summed E-state index contributed by atoms with van der Waals surface area (Å²) < 4.78 is 14.6. The van der Waals surface area contributed by atoms with Gasteiger partial charge in [0.25, 0.3) is 0 Å². The zero-order valence-electron chi connectivity index (χ0n) is 7.70. The van der Waals surface area contributed by atoms with Crippen molar-refractivity contribution < 1.29 is 9.18 Å². The van der Waals surface area contributed by atoms with E-state index in [1.165, 1.54) is 12.1 Å². The predicted molar refractivity (Wildman–Crippen MR) is 50.8 cm³/mol. The molecule has 0 radical (unpaired) electrons. The zero-order valence-corrected chi connectivity index (χ0v) is 7.70. The lowest BCUT2D eigenvalue weighted by Crippen LogP contribution is -1.99. The molecule has 0 aliphatic heterocycles. The van der Waals surface area contributed by atoms with Crippen molar-refractivity contribution in [3.8, 4) is 0 Å². The summed E-state index contributed by atoms with van der Waals surface area (Å²) in [6.07, 6.45) is 0.682. The maximum atomic E-state index is 12.8. The van der Waals surface area contributed by atoms with E-state index in [1.54, 1.807) is 10.6 Å². The van der Waals surface area contributed by atoms with Crippen LogP contribution in [0.2, 0.25) is 0 Å². The third kappa shape index (κ3) is 1.19. The first-order valence-corrected chi connectivity index (χ1v) is 4.37. The van der Waals surface area contributed by atoms with Crippen LogP contribution in [0.5, 0.6) is 0 Å². The predicted octanol–water partition coefficient (Wildman–Crippen LogP) is 2.01. The van der Waals surface area contributed by atoms with Gasteiger partial charge in [0, 0.05) is 12.6 Å². The minimum absolute atomic E-state index is 0.337. The summed E-state index contributed by atoms with van der Waals surface area (Å²) in [7, 11) is 0. The standard InChI is InChI=1S/C10H9FN2O/c1-2-13-9-4-3-7(11)5-8(9)12-10(13)6-14/h3-6H,2H2,1H3. The molecule has 14 heavy (non-hydrogen) atoms. The number of carbonyl (C=O) groups excluding carboxylic acids is 1. The third-order valence-corrected chi connectivity index (χ3v) is 2.16. The quantitative estimate of drug-likeness (QED) is 0.682. The molecular formula is C10H9FN2O. The molecule has 0 N–H and O–H groups in total. The number of aromatic nitrogens is 2. The normalized spacial score (nSPS) is 10.7. The summed E-state index contributed by atoms with van der Waals surface area (Å²) in [6, 6.07) is 4.33. The molecule has 0 unspecified atom stereocenters. The molecule has 3 nitrogen and oxygen atoms in total. The molecule has 0 saturated carbocycles. The van der Waals surface area contributed by atoms with Crippen LogP contribution >= 0.6 is 0 Å². The Labute approximate surface area is 80.2 Å². The largest absolute Gasteiger partial charge is 0.322 e. The lowest BCUT2D eigenvalue weighted by Gasteiger charge is -1.99. The van der Waals surface area contributed by atoms with Crippen molar-refractivity contribution in [3.05, 3.63) is 29.8 Å². The van der Waals surface area contributed by atoms with Gasteiger partial charge >= 0.3 is 0 Å². The number of halogens is 1. The number of hydrogen-bond acceptors (Lipinski definition) is 2. The molecule has 72 valence electrons. The monoisotopic (exact) mass is 192 g/mol. The number of rotatable bonds is 2. The molecule has 0 fully saturated rings. The van der Waals surface area contributed by atoms with Gasteiger partial charge in [-0.25, -0.2) is 9.37 Å². The van der Waals surface area contributed by atoms with E-state index >= 15 is 0 Å². The second-order valence-corrected chi connectivity index (χ2v) is 2.97. The van der Waals surface area contributed by atoms with Gasteiger partial charge in [0.1, 0.15) is 5.82 Å². The lowest BCUT2D eigenvalue weighted by molar-refractivity contribution is 0.111. The van der Waals surface area contributed by atoms with Gasteiger partial charge in [0.15, 0.2) is 12.1 Å². The second kappa shape index (κ2) is 3.21. The van der Waals surface area contributed by atoms with E-state index in [1.807, 2.05) is 6.92 Å². The highest BCUT2D eigenvalue weighted by Gasteiger charge is 2.08. The molecular weight excluding hydrogens is 183 g/mol. The molecule has 0 amide bonds. The first-order chi connectivity index (χ1) is 6.76. The number of nitrogens with zero attached hydrogens (tertiary/aromatic N) is 2. The van der Waals surface area contributed by atoms with Crippen LogP contribution in [-0.4, -0.2) is 15.8 Å². The molecule has 1 heterocycles. The van der Waals surface area contributed by atoms with Crippen molar-refractivity contribution in [1.82, 2.24) is 9.55 Å². The van der Waals surface area contributed by atoms with Gasteiger partial charge in [-0.05, 0) is 19.1 Å². The fourth-order valence-corrected chi connectivity index (χ4v) is 1.54. The molecule has 0 aliphatic rings. The molecule has 1 aromatic carbocycles. The Morgan fingerprint density at radius 3 is 3.00 bits per heavy atom. The summed E-state index contributed by atoms with van der Waals surface area (Å²) in [6.45, 7) is 2.56. The van der Waals surface area contributed by atoms with E-state index in [2.05, 4.69) is 4.98 Å². The molecule has 4 heteroatoms. The molecule has 0 bridgehead atoms. The first kappa shape index (κ1) is 8.87. The first-order valence-electron chi connectivity index (χ1n) is 4.37. The molecule has 0 atom stereocenters. The van der Waals surface area contributed by atoms with Crippen LogP contribution in [0.4, 0.5) is 4.39 Å². The Balaban J connectivity index is 2.79. The van der Waals surface area contributed by atoms with Crippen molar-refractivity contribution in [2.45, 2.75) is 13.5 Å². The minimum Gasteiger partial charge on any atom is -0.322 e. The molecule has 2 rings (SSSR count). The van der Waals surface area contributed by atoms with Crippen LogP contribution < -0.4 is 0 Å². The van der Waals surface area contributed by atoms with E-state index in [9.17, 15) is 9.18 Å². The number of imidazole rings is 1. The van der Waals surface area contributed by atoms with Crippen LogP contribution in [0.25, 0.3) is 11.0 Å². The molecule has 1 aromatic heterocycles. The highest BCUT2D eigenvalue weighted by Crippen LogP contribution is 2.16. The van der Waals surface area contributed by atoms with Crippen LogP contribution in [0.3, 0.4) is 0 Å². The van der Waals surface area contributed by atoms with Crippen LogP contribution in [-0.2, 0) is 6.54 Å². The summed E-state index contributed by atoms with van der Waals surface area (Å²) in [5.74, 6) is 0.00352. The average Bonchev–Trinajstić information content (AvgIpc) is 2.54. The summed E-state index contributed by atoms with van der Waals surface area (Å²) >= 11 is 0. The fraction of sp³-hybridized carbons (Fsp3) is 0.200. The Hall–Kier alpha value is -1.71. The number of aryl methyl sites for hydroxylation is 1. The number of benzene rings is 1. The van der Waals surface area contributed by atoms with Gasteiger partial charge < -0.3 is 4.57 Å². The second-order valence-electron chi connectivity index (χ2n) is 2.97. The van der Waals surface area contributed by atoms with Crippen molar-refractivity contribution in [3.63, 3.8) is 0 Å². The van der Waals surface area contributed by atoms with Gasteiger partial charge in [0.05, 0.1) is 11.0 Å². The number of aldehydes is 1. The van der Waals surface area contributed by atoms with Gasteiger partial charge in [0.2, 0.25) is 0 Å². The zero-order chi connectivity index (χ0) is 10.1. The van der Waals surface area contributed by atoms with Crippen LogP contribution in [0.15, 0.2) is 18.2 Å². The summed E-state index contributed by atoms with van der Waals surface area (Å²) in [5, 5.41) is 0. The van der Waals surface area contributed by atoms with Crippen molar-refractivity contribution in [2.24, 2.45) is 0 Å². The van der Waals surface area contributed by atoms with Crippen molar-refractivity contribution in [1.29, 1.82) is 0 Å². The lowest BCUT2D eigenvalue weighted by atomic mass is 10.3. The number of hydrogen-bond donors (Lipinski definition) is 0. The molecule has 0 saturated heterocycles. The third-order valence-electron chi connectivity index (χ3n) is 2.16. The van der Waals surface area contributed by atoms with Crippen molar-refractivity contribution >= 4 is 17.3 Å².